The minimum Gasteiger partial charge on any atom is -0.481 e. The minimum absolute atomic E-state index is 0.0745. The lowest BCUT2D eigenvalue weighted by atomic mass is 9.80. The van der Waals surface area contributed by atoms with Gasteiger partial charge >= 0.3 is 5.97 Å². The number of hydrogen-bond acceptors (Lipinski definition) is 4. The van der Waals surface area contributed by atoms with Crippen LogP contribution in [0.15, 0.2) is 30.3 Å². The first-order valence-corrected chi connectivity index (χ1v) is 6.94. The number of benzene rings is 1. The molecule has 2 rings (SSSR count). The van der Waals surface area contributed by atoms with Crippen molar-refractivity contribution in [3.05, 3.63) is 35.9 Å². The van der Waals surface area contributed by atoms with Crippen molar-refractivity contribution in [1.29, 1.82) is 0 Å². The Morgan fingerprint density at radius 3 is 2.48 bits per heavy atom. The molecule has 1 aliphatic rings. The molecule has 1 aromatic carbocycles. The quantitative estimate of drug-likeness (QED) is 0.741. The number of nitrogens with two attached hydrogens (primary N) is 1. The second-order valence-electron chi connectivity index (χ2n) is 5.30. The van der Waals surface area contributed by atoms with E-state index in [4.69, 9.17) is 10.5 Å². The third-order valence-corrected chi connectivity index (χ3v) is 3.95. The SMILES string of the molecule is N[C@H](C(=O)NCC1(C(=O)O)CCOCC1)c1ccccc1. The molecule has 1 amide bonds. The Hall–Kier alpha value is -1.92. The summed E-state index contributed by atoms with van der Waals surface area (Å²) in [5, 5.41) is 12.1. The summed E-state index contributed by atoms with van der Waals surface area (Å²) in [5.41, 5.74) is 5.64. The number of aliphatic carboxylic acids is 1. The maximum absolute atomic E-state index is 12.1. The molecule has 1 atom stereocenters. The van der Waals surface area contributed by atoms with Crippen LogP contribution >= 0.6 is 0 Å². The highest BCUT2D eigenvalue weighted by Crippen LogP contribution is 2.30. The zero-order valence-electron chi connectivity index (χ0n) is 11.7. The Bertz CT molecular complexity index is 498. The molecule has 0 spiro atoms. The van der Waals surface area contributed by atoms with Crippen molar-refractivity contribution in [3.63, 3.8) is 0 Å². The summed E-state index contributed by atoms with van der Waals surface area (Å²) in [6, 6.07) is 8.20. The molecule has 0 unspecified atom stereocenters. The summed E-state index contributed by atoms with van der Waals surface area (Å²) < 4.78 is 5.20. The van der Waals surface area contributed by atoms with E-state index in [0.29, 0.717) is 31.6 Å². The molecule has 4 N–H and O–H groups in total. The van der Waals surface area contributed by atoms with Gasteiger partial charge in [-0.25, -0.2) is 0 Å². The third kappa shape index (κ3) is 3.59. The van der Waals surface area contributed by atoms with E-state index in [1.807, 2.05) is 6.07 Å². The third-order valence-electron chi connectivity index (χ3n) is 3.95. The molecule has 1 aliphatic heterocycles. The molecule has 1 fully saturated rings. The molecule has 0 bridgehead atoms. The van der Waals surface area contributed by atoms with Gasteiger partial charge in [-0.1, -0.05) is 30.3 Å². The maximum Gasteiger partial charge on any atom is 0.311 e. The fourth-order valence-electron chi connectivity index (χ4n) is 2.41. The molecule has 21 heavy (non-hydrogen) atoms. The van der Waals surface area contributed by atoms with Gasteiger partial charge in [-0.3, -0.25) is 9.59 Å². The van der Waals surface area contributed by atoms with Crippen molar-refractivity contribution in [2.75, 3.05) is 19.8 Å². The monoisotopic (exact) mass is 292 g/mol. The van der Waals surface area contributed by atoms with Gasteiger partial charge in [0.25, 0.3) is 0 Å². The van der Waals surface area contributed by atoms with Crippen LogP contribution in [-0.2, 0) is 14.3 Å². The van der Waals surface area contributed by atoms with Gasteiger partial charge in [0, 0.05) is 19.8 Å². The second-order valence-corrected chi connectivity index (χ2v) is 5.30. The van der Waals surface area contributed by atoms with Crippen LogP contribution < -0.4 is 11.1 Å². The molecule has 114 valence electrons. The molecule has 0 aromatic heterocycles. The molecule has 1 saturated heterocycles. The standard InChI is InChI=1S/C15H20N2O4/c16-12(11-4-2-1-3-5-11)13(18)17-10-15(14(19)20)6-8-21-9-7-15/h1-5,12H,6-10,16H2,(H,17,18)(H,19,20)/t12-/m0/s1. The van der Waals surface area contributed by atoms with Crippen LogP contribution in [0.2, 0.25) is 0 Å². The molecule has 0 radical (unpaired) electrons. The largest absolute Gasteiger partial charge is 0.481 e. The summed E-state index contributed by atoms with van der Waals surface area (Å²) in [4.78, 5) is 23.6. The number of carboxylic acid groups (broad SMARTS) is 1. The number of ether oxygens (including phenoxy) is 1. The first kappa shape index (κ1) is 15.5. The van der Waals surface area contributed by atoms with E-state index in [2.05, 4.69) is 5.32 Å². The Balaban J connectivity index is 1.97. The van der Waals surface area contributed by atoms with Crippen LogP contribution in [0.4, 0.5) is 0 Å². The van der Waals surface area contributed by atoms with E-state index < -0.39 is 17.4 Å². The van der Waals surface area contributed by atoms with Gasteiger partial charge in [0.1, 0.15) is 6.04 Å². The van der Waals surface area contributed by atoms with E-state index in [0.717, 1.165) is 0 Å². The average Bonchev–Trinajstić information content (AvgIpc) is 2.53. The number of carbonyl (C=O) groups is 2. The topological polar surface area (TPSA) is 102 Å². The van der Waals surface area contributed by atoms with Crippen molar-refractivity contribution >= 4 is 11.9 Å². The van der Waals surface area contributed by atoms with Gasteiger partial charge in [0.15, 0.2) is 0 Å². The van der Waals surface area contributed by atoms with Gasteiger partial charge in [-0.05, 0) is 18.4 Å². The molecule has 1 heterocycles. The fraction of sp³-hybridized carbons (Fsp3) is 0.467. The van der Waals surface area contributed by atoms with E-state index >= 15 is 0 Å². The number of hydrogen-bond donors (Lipinski definition) is 3. The Labute approximate surface area is 123 Å². The normalized spacial score (nSPS) is 18.7. The smallest absolute Gasteiger partial charge is 0.311 e. The first-order chi connectivity index (χ1) is 10.1. The number of nitrogens with one attached hydrogen (secondary N) is 1. The lowest BCUT2D eigenvalue weighted by molar-refractivity contribution is -0.154. The fourth-order valence-corrected chi connectivity index (χ4v) is 2.41. The van der Waals surface area contributed by atoms with Crippen molar-refractivity contribution < 1.29 is 19.4 Å². The molecule has 0 aliphatic carbocycles. The summed E-state index contributed by atoms with van der Waals surface area (Å²) in [6.45, 7) is 0.866. The van der Waals surface area contributed by atoms with Gasteiger partial charge < -0.3 is 20.9 Å². The number of amides is 1. The van der Waals surface area contributed by atoms with E-state index in [1.165, 1.54) is 0 Å². The number of carbonyl (C=O) groups excluding carboxylic acids is 1. The lowest BCUT2D eigenvalue weighted by Crippen LogP contribution is -2.48. The van der Waals surface area contributed by atoms with Crippen LogP contribution in [-0.4, -0.2) is 36.7 Å². The van der Waals surface area contributed by atoms with Crippen LogP contribution in [0.1, 0.15) is 24.4 Å². The van der Waals surface area contributed by atoms with Crippen molar-refractivity contribution in [3.8, 4) is 0 Å². The zero-order chi connectivity index (χ0) is 15.3. The summed E-state index contributed by atoms with van der Waals surface area (Å²) in [7, 11) is 0. The van der Waals surface area contributed by atoms with Crippen LogP contribution in [0.3, 0.4) is 0 Å². The molecule has 6 heteroatoms. The molecule has 1 aromatic rings. The predicted octanol–water partition coefficient (Wildman–Crippen LogP) is 0.684. The van der Waals surface area contributed by atoms with E-state index in [-0.39, 0.29) is 12.5 Å². The summed E-state index contributed by atoms with van der Waals surface area (Å²) in [6.07, 6.45) is 0.784. The highest BCUT2D eigenvalue weighted by molar-refractivity contribution is 5.84. The first-order valence-electron chi connectivity index (χ1n) is 6.94. The summed E-state index contributed by atoms with van der Waals surface area (Å²) >= 11 is 0. The van der Waals surface area contributed by atoms with Crippen LogP contribution in [0, 0.1) is 5.41 Å². The maximum atomic E-state index is 12.1. The van der Waals surface area contributed by atoms with Crippen molar-refractivity contribution in [2.45, 2.75) is 18.9 Å². The van der Waals surface area contributed by atoms with Gasteiger partial charge in [-0.15, -0.1) is 0 Å². The number of rotatable bonds is 5. The molecule has 0 saturated carbocycles. The summed E-state index contributed by atoms with van der Waals surface area (Å²) in [5.74, 6) is -1.27. The van der Waals surface area contributed by atoms with E-state index in [1.54, 1.807) is 24.3 Å². The second kappa shape index (κ2) is 6.69. The zero-order valence-corrected chi connectivity index (χ0v) is 11.7. The Kier molecular flexibility index (Phi) is 4.93. The van der Waals surface area contributed by atoms with Crippen molar-refractivity contribution in [1.82, 2.24) is 5.32 Å². The molecular formula is C15H20N2O4. The number of carboxylic acids is 1. The van der Waals surface area contributed by atoms with Crippen LogP contribution in [0.5, 0.6) is 0 Å². The van der Waals surface area contributed by atoms with Gasteiger partial charge in [0.05, 0.1) is 5.41 Å². The average molecular weight is 292 g/mol. The minimum atomic E-state index is -0.954. The van der Waals surface area contributed by atoms with Gasteiger partial charge in [0.2, 0.25) is 5.91 Å². The highest BCUT2D eigenvalue weighted by atomic mass is 16.5. The van der Waals surface area contributed by atoms with E-state index in [9.17, 15) is 14.7 Å². The molecular weight excluding hydrogens is 272 g/mol. The van der Waals surface area contributed by atoms with Gasteiger partial charge in [-0.2, -0.15) is 0 Å². The Morgan fingerprint density at radius 2 is 1.90 bits per heavy atom. The Morgan fingerprint density at radius 1 is 1.29 bits per heavy atom. The van der Waals surface area contributed by atoms with Crippen LogP contribution in [0.25, 0.3) is 0 Å². The van der Waals surface area contributed by atoms with Crippen molar-refractivity contribution in [2.24, 2.45) is 11.1 Å². The highest BCUT2D eigenvalue weighted by Gasteiger charge is 2.40. The molecule has 6 nitrogen and oxygen atoms in total. The predicted molar refractivity (Wildman–Crippen MR) is 76.5 cm³/mol. The lowest BCUT2D eigenvalue weighted by Gasteiger charge is -2.33.